The van der Waals surface area contributed by atoms with Crippen molar-refractivity contribution in [2.75, 3.05) is 12.4 Å². The molecule has 0 aliphatic carbocycles. The lowest BCUT2D eigenvalue weighted by Gasteiger charge is -2.25. The molecule has 0 aliphatic heterocycles. The zero-order chi connectivity index (χ0) is 22.7. The van der Waals surface area contributed by atoms with Crippen LogP contribution < -0.4 is 21.7 Å². The first-order valence-corrected chi connectivity index (χ1v) is 9.39. The van der Waals surface area contributed by atoms with Gasteiger partial charge in [0.15, 0.2) is 0 Å². The van der Waals surface area contributed by atoms with E-state index < -0.39 is 66.9 Å². The van der Waals surface area contributed by atoms with E-state index in [1.165, 1.54) is 0 Å². The van der Waals surface area contributed by atoms with Gasteiger partial charge in [-0.2, -0.15) is 12.6 Å². The van der Waals surface area contributed by atoms with E-state index in [2.05, 4.69) is 28.6 Å². The van der Waals surface area contributed by atoms with Crippen molar-refractivity contribution >= 4 is 42.3 Å². The van der Waals surface area contributed by atoms with Gasteiger partial charge in [-0.25, -0.2) is 4.79 Å². The molecule has 166 valence electrons. The van der Waals surface area contributed by atoms with Crippen molar-refractivity contribution in [3.63, 3.8) is 0 Å². The van der Waals surface area contributed by atoms with Crippen molar-refractivity contribution in [3.05, 3.63) is 0 Å². The minimum absolute atomic E-state index is 0.0455. The summed E-state index contributed by atoms with van der Waals surface area (Å²) in [6, 6.07) is -5.26. The first-order valence-electron chi connectivity index (χ1n) is 8.75. The van der Waals surface area contributed by atoms with Crippen molar-refractivity contribution in [2.45, 2.75) is 50.9 Å². The number of rotatable bonds is 13. The molecule has 4 atom stereocenters. The molecular weight excluding hydrogens is 408 g/mol. The molecule has 0 spiro atoms. The molecule has 12 nitrogen and oxygen atoms in total. The van der Waals surface area contributed by atoms with E-state index in [4.69, 9.17) is 21.1 Å². The van der Waals surface area contributed by atoms with Crippen LogP contribution in [0.1, 0.15) is 26.7 Å². The highest BCUT2D eigenvalue weighted by atomic mass is 32.1. The Balaban J connectivity index is 5.17. The molecule has 0 aromatic carbocycles. The molecule has 0 fully saturated rings. The number of carboxylic acid groups (broad SMARTS) is 2. The average Bonchev–Trinajstić information content (AvgIpc) is 2.61. The number of aliphatic hydroxyl groups is 1. The monoisotopic (exact) mass is 436 g/mol. The van der Waals surface area contributed by atoms with Crippen molar-refractivity contribution in [1.29, 1.82) is 0 Å². The maximum absolute atomic E-state index is 12.6. The van der Waals surface area contributed by atoms with E-state index in [-0.39, 0.29) is 18.1 Å². The van der Waals surface area contributed by atoms with E-state index in [0.717, 1.165) is 0 Å². The van der Waals surface area contributed by atoms with Crippen LogP contribution in [0.25, 0.3) is 0 Å². The van der Waals surface area contributed by atoms with Crippen LogP contribution in [0.4, 0.5) is 0 Å². The number of aliphatic hydroxyl groups excluding tert-OH is 1. The zero-order valence-electron chi connectivity index (χ0n) is 16.1. The number of hydrogen-bond acceptors (Lipinski definition) is 8. The lowest BCUT2D eigenvalue weighted by Crippen LogP contribution is -2.58. The second-order valence-electron chi connectivity index (χ2n) is 6.72. The molecule has 0 saturated heterocycles. The molecule has 0 rings (SSSR count). The van der Waals surface area contributed by atoms with Gasteiger partial charge in [-0.1, -0.05) is 13.8 Å². The minimum Gasteiger partial charge on any atom is -0.481 e. The van der Waals surface area contributed by atoms with Gasteiger partial charge < -0.3 is 37.0 Å². The lowest BCUT2D eigenvalue weighted by atomic mass is 10.0. The number of carbonyl (C=O) groups excluding carboxylic acids is 3. The molecular formula is C16H28N4O8S. The molecule has 0 saturated carbocycles. The van der Waals surface area contributed by atoms with Crippen LogP contribution in [-0.2, 0) is 24.0 Å². The van der Waals surface area contributed by atoms with Gasteiger partial charge in [0.2, 0.25) is 17.7 Å². The van der Waals surface area contributed by atoms with Gasteiger partial charge in [0.1, 0.15) is 18.1 Å². The Kier molecular flexibility index (Phi) is 11.9. The Morgan fingerprint density at radius 2 is 1.38 bits per heavy atom. The van der Waals surface area contributed by atoms with Crippen LogP contribution in [0.5, 0.6) is 0 Å². The maximum atomic E-state index is 12.6. The summed E-state index contributed by atoms with van der Waals surface area (Å²) in [6.45, 7) is 2.72. The van der Waals surface area contributed by atoms with Crippen LogP contribution in [0.15, 0.2) is 0 Å². The summed E-state index contributed by atoms with van der Waals surface area (Å²) in [5.41, 5.74) is 5.49. The van der Waals surface area contributed by atoms with Gasteiger partial charge in [0.25, 0.3) is 0 Å². The first kappa shape index (κ1) is 26.6. The predicted molar refractivity (Wildman–Crippen MR) is 104 cm³/mol. The number of carbonyl (C=O) groups is 5. The van der Waals surface area contributed by atoms with E-state index >= 15 is 0 Å². The van der Waals surface area contributed by atoms with Crippen LogP contribution in [-0.4, -0.2) is 81.5 Å². The van der Waals surface area contributed by atoms with Crippen LogP contribution in [0.2, 0.25) is 0 Å². The summed E-state index contributed by atoms with van der Waals surface area (Å²) < 4.78 is 0. The van der Waals surface area contributed by atoms with Crippen molar-refractivity contribution in [2.24, 2.45) is 11.7 Å². The summed E-state index contributed by atoms with van der Waals surface area (Å²) in [6.07, 6.45) is -0.450. The number of hydrogen-bond donors (Lipinski definition) is 8. The zero-order valence-corrected chi connectivity index (χ0v) is 17.0. The standard InChI is InChI=1S/C16H28N4O8S/c1-7(2)3-9(18-13(24)8(17)4-12(22)23)14(25)20-11(6-29)15(26)19-10(5-21)16(27)28/h7-11,21,29H,3-6,17H2,1-2H3,(H,18,24)(H,19,26)(H,20,25)(H,22,23)(H,27,28). The average molecular weight is 436 g/mol. The van der Waals surface area contributed by atoms with Gasteiger partial charge in [0, 0.05) is 5.75 Å². The van der Waals surface area contributed by atoms with Crippen molar-refractivity contribution < 1.29 is 39.3 Å². The van der Waals surface area contributed by atoms with Gasteiger partial charge in [-0.05, 0) is 12.3 Å². The molecule has 0 radical (unpaired) electrons. The van der Waals surface area contributed by atoms with Gasteiger partial charge in [-0.3, -0.25) is 19.2 Å². The molecule has 0 heterocycles. The fourth-order valence-electron chi connectivity index (χ4n) is 2.19. The normalized spacial score (nSPS) is 15.0. The van der Waals surface area contributed by atoms with Gasteiger partial charge in [0.05, 0.1) is 19.1 Å². The van der Waals surface area contributed by atoms with Crippen molar-refractivity contribution in [3.8, 4) is 0 Å². The highest BCUT2D eigenvalue weighted by Crippen LogP contribution is 2.07. The molecule has 0 aromatic rings. The molecule has 4 unspecified atom stereocenters. The highest BCUT2D eigenvalue weighted by molar-refractivity contribution is 7.80. The fraction of sp³-hybridized carbons (Fsp3) is 0.688. The SMILES string of the molecule is CC(C)CC(NC(=O)C(N)CC(=O)O)C(=O)NC(CS)C(=O)NC(CO)C(=O)O. The molecule has 0 aliphatic rings. The number of aliphatic carboxylic acids is 2. The summed E-state index contributed by atoms with van der Waals surface area (Å²) in [7, 11) is 0. The third kappa shape index (κ3) is 10.1. The molecule has 3 amide bonds. The number of nitrogens with one attached hydrogen (secondary N) is 3. The van der Waals surface area contributed by atoms with Crippen LogP contribution in [0, 0.1) is 5.92 Å². The summed E-state index contributed by atoms with van der Waals surface area (Å²) >= 11 is 3.95. The molecule has 0 aromatic heterocycles. The minimum atomic E-state index is -1.55. The van der Waals surface area contributed by atoms with Crippen molar-refractivity contribution in [1.82, 2.24) is 16.0 Å². The fourth-order valence-corrected chi connectivity index (χ4v) is 2.44. The van der Waals surface area contributed by atoms with Crippen LogP contribution >= 0.6 is 12.6 Å². The number of carboxylic acids is 2. The number of thiol groups is 1. The predicted octanol–water partition coefficient (Wildman–Crippen LogP) is -2.70. The quantitative estimate of drug-likeness (QED) is 0.141. The topological polar surface area (TPSA) is 208 Å². The molecule has 0 bridgehead atoms. The lowest BCUT2D eigenvalue weighted by molar-refractivity contribution is -0.143. The molecule has 8 N–H and O–H groups in total. The summed E-state index contributed by atoms with van der Waals surface area (Å²) in [5, 5.41) is 33.3. The molecule has 13 heteroatoms. The largest absolute Gasteiger partial charge is 0.481 e. The summed E-state index contributed by atoms with van der Waals surface area (Å²) in [5.74, 6) is -5.44. The van der Waals surface area contributed by atoms with Gasteiger partial charge in [-0.15, -0.1) is 0 Å². The maximum Gasteiger partial charge on any atom is 0.328 e. The second kappa shape index (κ2) is 13.0. The van der Waals surface area contributed by atoms with E-state index in [1.54, 1.807) is 13.8 Å². The van der Waals surface area contributed by atoms with Crippen LogP contribution in [0.3, 0.4) is 0 Å². The summed E-state index contributed by atoms with van der Waals surface area (Å²) in [4.78, 5) is 58.4. The molecule has 29 heavy (non-hydrogen) atoms. The Labute approximate surface area is 173 Å². The van der Waals surface area contributed by atoms with Gasteiger partial charge >= 0.3 is 11.9 Å². The Morgan fingerprint density at radius 3 is 1.79 bits per heavy atom. The Hall–Kier alpha value is -2.38. The third-order valence-corrected chi connectivity index (χ3v) is 4.05. The smallest absolute Gasteiger partial charge is 0.328 e. The second-order valence-corrected chi connectivity index (χ2v) is 7.09. The third-order valence-electron chi connectivity index (χ3n) is 3.68. The number of amides is 3. The first-order chi connectivity index (χ1) is 13.4. The van der Waals surface area contributed by atoms with E-state index in [1.807, 2.05) is 0 Å². The van der Waals surface area contributed by atoms with E-state index in [9.17, 15) is 24.0 Å². The number of nitrogens with two attached hydrogens (primary N) is 1. The van der Waals surface area contributed by atoms with E-state index in [0.29, 0.717) is 0 Å². The highest BCUT2D eigenvalue weighted by Gasteiger charge is 2.30. The Morgan fingerprint density at radius 1 is 0.897 bits per heavy atom. The Bertz CT molecular complexity index is 616.